The Morgan fingerprint density at radius 1 is 1.33 bits per heavy atom. The molecule has 0 aliphatic carbocycles. The molecule has 6 nitrogen and oxygen atoms in total. The van der Waals surface area contributed by atoms with E-state index in [0.29, 0.717) is 0 Å². The van der Waals surface area contributed by atoms with E-state index in [4.69, 9.17) is 5.11 Å². The standard InChI is InChI=1S/C15H22N2O4/c1-4-11-7-5-6-10(2)13(11)17-14(20)16-9-15(3,21)8-12(18)19/h5-7,21H,4,8-9H2,1-3H3,(H,18,19)(H2,16,17,20). The molecule has 0 heterocycles. The van der Waals surface area contributed by atoms with Gasteiger partial charge in [-0.1, -0.05) is 25.1 Å². The molecule has 0 bridgehead atoms. The number of amides is 2. The van der Waals surface area contributed by atoms with Crippen LogP contribution in [0.4, 0.5) is 10.5 Å². The predicted octanol–water partition coefficient (Wildman–Crippen LogP) is 1.90. The van der Waals surface area contributed by atoms with Crippen molar-refractivity contribution in [1.29, 1.82) is 0 Å². The second-order valence-corrected chi connectivity index (χ2v) is 5.34. The molecule has 0 aliphatic heterocycles. The van der Waals surface area contributed by atoms with Crippen LogP contribution < -0.4 is 10.6 Å². The predicted molar refractivity (Wildman–Crippen MR) is 80.5 cm³/mol. The summed E-state index contributed by atoms with van der Waals surface area (Å²) < 4.78 is 0. The van der Waals surface area contributed by atoms with Crippen LogP contribution >= 0.6 is 0 Å². The Labute approximate surface area is 124 Å². The molecular formula is C15H22N2O4. The first-order valence-electron chi connectivity index (χ1n) is 6.82. The summed E-state index contributed by atoms with van der Waals surface area (Å²) in [5, 5.41) is 23.7. The van der Waals surface area contributed by atoms with Gasteiger partial charge in [0.25, 0.3) is 0 Å². The van der Waals surface area contributed by atoms with Crippen molar-refractivity contribution in [2.45, 2.75) is 39.2 Å². The van der Waals surface area contributed by atoms with Gasteiger partial charge in [-0.3, -0.25) is 4.79 Å². The normalized spacial score (nSPS) is 13.3. The van der Waals surface area contributed by atoms with Crippen molar-refractivity contribution in [3.8, 4) is 0 Å². The fraction of sp³-hybridized carbons (Fsp3) is 0.467. The number of aliphatic hydroxyl groups is 1. The number of benzene rings is 1. The summed E-state index contributed by atoms with van der Waals surface area (Å²) in [6.45, 7) is 5.12. The van der Waals surface area contributed by atoms with E-state index >= 15 is 0 Å². The minimum absolute atomic E-state index is 0.140. The number of carboxylic acids is 1. The summed E-state index contributed by atoms with van der Waals surface area (Å²) >= 11 is 0. The lowest BCUT2D eigenvalue weighted by atomic mass is 10.0. The van der Waals surface area contributed by atoms with Crippen LogP contribution in [0, 0.1) is 6.92 Å². The molecule has 1 aromatic rings. The van der Waals surface area contributed by atoms with E-state index in [9.17, 15) is 14.7 Å². The number of aryl methyl sites for hydroxylation is 2. The molecule has 0 aromatic heterocycles. The van der Waals surface area contributed by atoms with Crippen molar-refractivity contribution < 1.29 is 19.8 Å². The lowest BCUT2D eigenvalue weighted by Gasteiger charge is -2.22. The highest BCUT2D eigenvalue weighted by Gasteiger charge is 2.24. The molecule has 0 saturated heterocycles. The number of urea groups is 1. The minimum atomic E-state index is -1.48. The van der Waals surface area contributed by atoms with Gasteiger partial charge in [0.05, 0.1) is 12.0 Å². The van der Waals surface area contributed by atoms with Gasteiger partial charge < -0.3 is 20.8 Å². The van der Waals surface area contributed by atoms with Crippen LogP contribution in [-0.4, -0.2) is 34.4 Å². The molecule has 116 valence electrons. The summed E-state index contributed by atoms with van der Waals surface area (Å²) in [4.78, 5) is 22.5. The van der Waals surface area contributed by atoms with Gasteiger partial charge >= 0.3 is 12.0 Å². The Morgan fingerprint density at radius 3 is 2.57 bits per heavy atom. The Bertz CT molecular complexity index is 526. The summed E-state index contributed by atoms with van der Waals surface area (Å²) in [5.41, 5.74) is 1.22. The molecule has 6 heteroatoms. The fourth-order valence-electron chi connectivity index (χ4n) is 2.02. The van der Waals surface area contributed by atoms with Crippen LogP contribution in [-0.2, 0) is 11.2 Å². The van der Waals surface area contributed by atoms with E-state index in [1.54, 1.807) is 0 Å². The van der Waals surface area contributed by atoms with Crippen LogP contribution in [0.25, 0.3) is 0 Å². The topological polar surface area (TPSA) is 98.7 Å². The van der Waals surface area contributed by atoms with E-state index in [-0.39, 0.29) is 6.54 Å². The SMILES string of the molecule is CCc1cccc(C)c1NC(=O)NCC(C)(O)CC(=O)O. The molecule has 1 rings (SSSR count). The third-order valence-corrected chi connectivity index (χ3v) is 3.14. The lowest BCUT2D eigenvalue weighted by molar-refractivity contribution is -0.141. The molecular weight excluding hydrogens is 272 g/mol. The number of carbonyl (C=O) groups is 2. The maximum atomic E-state index is 11.9. The summed E-state index contributed by atoms with van der Waals surface area (Å²) in [7, 11) is 0. The minimum Gasteiger partial charge on any atom is -0.481 e. The summed E-state index contributed by atoms with van der Waals surface area (Å²) in [6.07, 6.45) is 0.353. The first-order chi connectivity index (χ1) is 9.75. The van der Waals surface area contributed by atoms with Gasteiger partial charge in [-0.05, 0) is 31.4 Å². The molecule has 0 spiro atoms. The Balaban J connectivity index is 2.65. The number of anilines is 1. The van der Waals surface area contributed by atoms with Gasteiger partial charge in [-0.25, -0.2) is 4.79 Å². The number of para-hydroxylation sites is 1. The number of aliphatic carboxylic acids is 1. The average Bonchev–Trinajstić information content (AvgIpc) is 2.37. The summed E-state index contributed by atoms with van der Waals surface area (Å²) in [5.74, 6) is -1.12. The Kier molecular flexibility index (Phi) is 5.72. The van der Waals surface area contributed by atoms with E-state index in [1.807, 2.05) is 32.0 Å². The first kappa shape index (κ1) is 17.0. The molecule has 2 amide bonds. The first-order valence-corrected chi connectivity index (χ1v) is 6.82. The van der Waals surface area contributed by atoms with Crippen LogP contribution in [0.1, 0.15) is 31.4 Å². The van der Waals surface area contributed by atoms with Gasteiger partial charge in [0, 0.05) is 12.2 Å². The molecule has 4 N–H and O–H groups in total. The molecule has 1 aromatic carbocycles. The number of nitrogens with one attached hydrogen (secondary N) is 2. The highest BCUT2D eigenvalue weighted by Crippen LogP contribution is 2.20. The summed E-state index contributed by atoms with van der Waals surface area (Å²) in [6, 6.07) is 5.29. The van der Waals surface area contributed by atoms with Crippen molar-refractivity contribution in [2.75, 3.05) is 11.9 Å². The van der Waals surface area contributed by atoms with Gasteiger partial charge in [-0.15, -0.1) is 0 Å². The van der Waals surface area contributed by atoms with Crippen molar-refractivity contribution in [2.24, 2.45) is 0 Å². The van der Waals surface area contributed by atoms with Crippen LogP contribution in [0.3, 0.4) is 0 Å². The molecule has 0 radical (unpaired) electrons. The maximum absolute atomic E-state index is 11.9. The molecule has 0 aliphatic rings. The van der Waals surface area contributed by atoms with Crippen molar-refractivity contribution in [3.05, 3.63) is 29.3 Å². The van der Waals surface area contributed by atoms with Crippen LogP contribution in [0.5, 0.6) is 0 Å². The molecule has 21 heavy (non-hydrogen) atoms. The fourth-order valence-corrected chi connectivity index (χ4v) is 2.02. The highest BCUT2D eigenvalue weighted by molar-refractivity contribution is 5.91. The van der Waals surface area contributed by atoms with E-state index < -0.39 is 24.0 Å². The van der Waals surface area contributed by atoms with Gasteiger partial charge in [0.1, 0.15) is 0 Å². The van der Waals surface area contributed by atoms with Crippen molar-refractivity contribution >= 4 is 17.7 Å². The Morgan fingerprint density at radius 2 is 2.00 bits per heavy atom. The quantitative estimate of drug-likeness (QED) is 0.644. The largest absolute Gasteiger partial charge is 0.481 e. The van der Waals surface area contributed by atoms with Crippen molar-refractivity contribution in [1.82, 2.24) is 5.32 Å². The zero-order valence-corrected chi connectivity index (χ0v) is 12.6. The second-order valence-electron chi connectivity index (χ2n) is 5.34. The average molecular weight is 294 g/mol. The third-order valence-electron chi connectivity index (χ3n) is 3.14. The lowest BCUT2D eigenvalue weighted by Crippen LogP contribution is -2.43. The zero-order chi connectivity index (χ0) is 16.0. The van der Waals surface area contributed by atoms with E-state index in [1.165, 1.54) is 6.92 Å². The highest BCUT2D eigenvalue weighted by atomic mass is 16.4. The zero-order valence-electron chi connectivity index (χ0n) is 12.6. The number of carboxylic acid groups (broad SMARTS) is 1. The number of rotatable bonds is 6. The number of carbonyl (C=O) groups excluding carboxylic acids is 1. The monoisotopic (exact) mass is 294 g/mol. The number of hydrogen-bond donors (Lipinski definition) is 4. The van der Waals surface area contributed by atoms with E-state index in [0.717, 1.165) is 23.2 Å². The van der Waals surface area contributed by atoms with Crippen LogP contribution in [0.15, 0.2) is 18.2 Å². The van der Waals surface area contributed by atoms with Crippen molar-refractivity contribution in [3.63, 3.8) is 0 Å². The smallest absolute Gasteiger partial charge is 0.319 e. The molecule has 0 saturated carbocycles. The maximum Gasteiger partial charge on any atom is 0.319 e. The molecule has 1 atom stereocenters. The molecule has 0 fully saturated rings. The van der Waals surface area contributed by atoms with Gasteiger partial charge in [0.15, 0.2) is 0 Å². The molecule has 1 unspecified atom stereocenters. The third kappa shape index (κ3) is 5.43. The van der Waals surface area contributed by atoms with Gasteiger partial charge in [-0.2, -0.15) is 0 Å². The number of hydrogen-bond acceptors (Lipinski definition) is 3. The van der Waals surface area contributed by atoms with Gasteiger partial charge in [0.2, 0.25) is 0 Å². The van der Waals surface area contributed by atoms with E-state index in [2.05, 4.69) is 10.6 Å². The second kappa shape index (κ2) is 7.08. The Hall–Kier alpha value is -2.08. The van der Waals surface area contributed by atoms with Crippen LogP contribution in [0.2, 0.25) is 0 Å².